The smallest absolute Gasteiger partial charge is 0.313 e. The Hall–Kier alpha value is -3.23. The number of thiazole rings is 1. The average molecular weight is 470 g/mol. The van der Waals surface area contributed by atoms with Crippen molar-refractivity contribution >= 4 is 52.1 Å². The maximum atomic E-state index is 12.9. The van der Waals surface area contributed by atoms with Crippen LogP contribution in [0.2, 0.25) is 5.02 Å². The van der Waals surface area contributed by atoms with E-state index >= 15 is 0 Å². The standard InChI is InChI=1S/C23H20ClN3O4S/c1-14-10-20(28)25-17-4-2-3-5-19(17)27(14)22(29)12-31-23(30)11-21-26-18(13-32-21)15-6-8-16(24)9-7-15/h2-9,13-14H,10-12H2,1H3,(H,25,28)/t14-/m0/s1. The Labute approximate surface area is 194 Å². The Balaban J connectivity index is 1.38. The van der Waals surface area contributed by atoms with Gasteiger partial charge >= 0.3 is 5.97 Å². The molecule has 0 radical (unpaired) electrons. The number of hydrogen-bond acceptors (Lipinski definition) is 6. The summed E-state index contributed by atoms with van der Waals surface area (Å²) in [5.41, 5.74) is 2.79. The number of anilines is 2. The lowest BCUT2D eigenvalue weighted by atomic mass is 10.1. The second-order valence-electron chi connectivity index (χ2n) is 7.35. The molecule has 164 valence electrons. The SMILES string of the molecule is C[C@H]1CC(=O)Nc2ccccc2N1C(=O)COC(=O)Cc1nc(-c2ccc(Cl)cc2)cs1. The van der Waals surface area contributed by atoms with E-state index in [2.05, 4.69) is 10.3 Å². The lowest BCUT2D eigenvalue weighted by Crippen LogP contribution is -2.41. The number of amides is 2. The molecule has 7 nitrogen and oxygen atoms in total. The van der Waals surface area contributed by atoms with Gasteiger partial charge < -0.3 is 15.0 Å². The summed E-state index contributed by atoms with van der Waals surface area (Å²) < 4.78 is 5.24. The molecule has 1 aliphatic rings. The fourth-order valence-corrected chi connectivity index (χ4v) is 4.41. The fraction of sp³-hybridized carbons (Fsp3) is 0.217. The molecule has 1 aromatic heterocycles. The molecule has 32 heavy (non-hydrogen) atoms. The van der Waals surface area contributed by atoms with Gasteiger partial charge in [-0.05, 0) is 31.2 Å². The molecule has 2 heterocycles. The van der Waals surface area contributed by atoms with Crippen LogP contribution in [0.5, 0.6) is 0 Å². The maximum Gasteiger partial charge on any atom is 0.313 e. The van der Waals surface area contributed by atoms with E-state index in [-0.39, 0.29) is 24.8 Å². The van der Waals surface area contributed by atoms with Crippen LogP contribution in [0, 0.1) is 0 Å². The quantitative estimate of drug-likeness (QED) is 0.562. The van der Waals surface area contributed by atoms with Crippen molar-refractivity contribution in [2.24, 2.45) is 0 Å². The molecule has 0 saturated carbocycles. The van der Waals surface area contributed by atoms with E-state index in [1.807, 2.05) is 17.5 Å². The van der Waals surface area contributed by atoms with Crippen LogP contribution < -0.4 is 10.2 Å². The van der Waals surface area contributed by atoms with Gasteiger partial charge in [0.15, 0.2) is 6.61 Å². The molecule has 1 atom stereocenters. The van der Waals surface area contributed by atoms with Crippen LogP contribution in [0.1, 0.15) is 18.4 Å². The van der Waals surface area contributed by atoms with Gasteiger partial charge in [-0.15, -0.1) is 11.3 Å². The lowest BCUT2D eigenvalue weighted by molar-refractivity contribution is -0.147. The number of rotatable bonds is 5. The predicted octanol–water partition coefficient (Wildman–Crippen LogP) is 4.31. The number of nitrogens with zero attached hydrogens (tertiary/aromatic N) is 2. The molecule has 0 saturated heterocycles. The van der Waals surface area contributed by atoms with Gasteiger partial charge in [0.2, 0.25) is 5.91 Å². The fourth-order valence-electron chi connectivity index (χ4n) is 3.50. The van der Waals surface area contributed by atoms with Crippen LogP contribution in [0.15, 0.2) is 53.9 Å². The van der Waals surface area contributed by atoms with Crippen molar-refractivity contribution in [3.63, 3.8) is 0 Å². The third-order valence-electron chi connectivity index (χ3n) is 4.97. The minimum absolute atomic E-state index is 0.0300. The first-order valence-electron chi connectivity index (χ1n) is 9.97. The third kappa shape index (κ3) is 4.98. The highest BCUT2D eigenvalue weighted by atomic mass is 35.5. The van der Waals surface area contributed by atoms with Crippen LogP contribution in [0.25, 0.3) is 11.3 Å². The molecule has 4 rings (SSSR count). The summed E-state index contributed by atoms with van der Waals surface area (Å²) in [6, 6.07) is 14.0. The van der Waals surface area contributed by atoms with Crippen LogP contribution in [0.4, 0.5) is 11.4 Å². The Bertz CT molecular complexity index is 1160. The van der Waals surface area contributed by atoms with E-state index in [9.17, 15) is 14.4 Å². The molecular formula is C23H20ClN3O4S. The number of nitrogens with one attached hydrogen (secondary N) is 1. The second-order valence-corrected chi connectivity index (χ2v) is 8.73. The number of carbonyl (C=O) groups is 3. The maximum absolute atomic E-state index is 12.9. The van der Waals surface area contributed by atoms with Crippen molar-refractivity contribution in [1.82, 2.24) is 4.98 Å². The summed E-state index contributed by atoms with van der Waals surface area (Å²) in [5, 5.41) is 5.89. The number of para-hydroxylation sites is 2. The van der Waals surface area contributed by atoms with Crippen molar-refractivity contribution < 1.29 is 19.1 Å². The van der Waals surface area contributed by atoms with E-state index in [4.69, 9.17) is 16.3 Å². The topological polar surface area (TPSA) is 88.6 Å². The molecule has 1 aliphatic heterocycles. The van der Waals surface area contributed by atoms with E-state index in [0.717, 1.165) is 11.3 Å². The first kappa shape index (κ1) is 22.0. The van der Waals surface area contributed by atoms with Gasteiger partial charge in [0.05, 0.1) is 23.5 Å². The van der Waals surface area contributed by atoms with E-state index < -0.39 is 18.5 Å². The van der Waals surface area contributed by atoms with Crippen LogP contribution in [-0.4, -0.2) is 35.4 Å². The van der Waals surface area contributed by atoms with Crippen molar-refractivity contribution in [2.75, 3.05) is 16.8 Å². The molecule has 0 fully saturated rings. The molecule has 9 heteroatoms. The van der Waals surface area contributed by atoms with E-state index in [1.54, 1.807) is 43.3 Å². The zero-order valence-corrected chi connectivity index (χ0v) is 18.8. The Morgan fingerprint density at radius 2 is 1.97 bits per heavy atom. The van der Waals surface area contributed by atoms with Crippen LogP contribution in [-0.2, 0) is 25.5 Å². The Kier molecular flexibility index (Phi) is 6.53. The van der Waals surface area contributed by atoms with Gasteiger partial charge in [-0.25, -0.2) is 4.98 Å². The van der Waals surface area contributed by atoms with Crippen molar-refractivity contribution in [3.05, 3.63) is 63.9 Å². The molecule has 3 aromatic rings. The van der Waals surface area contributed by atoms with Crippen molar-refractivity contribution in [2.45, 2.75) is 25.8 Å². The normalized spacial score (nSPS) is 15.5. The second kappa shape index (κ2) is 9.50. The monoisotopic (exact) mass is 469 g/mol. The highest BCUT2D eigenvalue weighted by Crippen LogP contribution is 2.31. The molecule has 0 aliphatic carbocycles. The number of ether oxygens (including phenoxy) is 1. The summed E-state index contributed by atoms with van der Waals surface area (Å²) in [6.07, 6.45) is 0.124. The summed E-state index contributed by atoms with van der Waals surface area (Å²) in [5.74, 6) is -1.10. The Morgan fingerprint density at radius 3 is 2.75 bits per heavy atom. The van der Waals surface area contributed by atoms with Crippen LogP contribution in [0.3, 0.4) is 0 Å². The van der Waals surface area contributed by atoms with Gasteiger partial charge in [0, 0.05) is 28.4 Å². The molecule has 0 unspecified atom stereocenters. The lowest BCUT2D eigenvalue weighted by Gasteiger charge is -2.27. The number of halogens is 1. The number of carbonyl (C=O) groups excluding carboxylic acids is 3. The summed E-state index contributed by atoms with van der Waals surface area (Å²) in [6.45, 7) is 1.37. The minimum Gasteiger partial charge on any atom is -0.455 e. The average Bonchev–Trinajstić information content (AvgIpc) is 3.17. The van der Waals surface area contributed by atoms with Gasteiger partial charge in [0.1, 0.15) is 5.01 Å². The first-order valence-corrected chi connectivity index (χ1v) is 11.2. The highest BCUT2D eigenvalue weighted by Gasteiger charge is 2.30. The molecular weight excluding hydrogens is 450 g/mol. The number of esters is 1. The van der Waals surface area contributed by atoms with E-state index in [1.165, 1.54) is 16.2 Å². The zero-order valence-electron chi connectivity index (χ0n) is 17.2. The predicted molar refractivity (Wildman–Crippen MR) is 124 cm³/mol. The number of fused-ring (bicyclic) bond motifs is 1. The number of benzene rings is 2. The van der Waals surface area contributed by atoms with Gasteiger partial charge in [-0.3, -0.25) is 14.4 Å². The Morgan fingerprint density at radius 1 is 1.22 bits per heavy atom. The summed E-state index contributed by atoms with van der Waals surface area (Å²) >= 11 is 7.26. The largest absolute Gasteiger partial charge is 0.455 e. The van der Waals surface area contributed by atoms with Crippen molar-refractivity contribution in [3.8, 4) is 11.3 Å². The summed E-state index contributed by atoms with van der Waals surface area (Å²) in [7, 11) is 0. The van der Waals surface area contributed by atoms with Gasteiger partial charge in [-0.2, -0.15) is 0 Å². The number of aromatic nitrogens is 1. The molecule has 2 aromatic carbocycles. The minimum atomic E-state index is -0.541. The highest BCUT2D eigenvalue weighted by molar-refractivity contribution is 7.10. The zero-order chi connectivity index (χ0) is 22.7. The van der Waals surface area contributed by atoms with Gasteiger partial charge in [0.25, 0.3) is 5.91 Å². The first-order chi connectivity index (χ1) is 15.4. The van der Waals surface area contributed by atoms with Crippen LogP contribution >= 0.6 is 22.9 Å². The van der Waals surface area contributed by atoms with Gasteiger partial charge in [-0.1, -0.05) is 35.9 Å². The molecule has 2 amide bonds. The molecule has 1 N–H and O–H groups in total. The molecule has 0 spiro atoms. The van der Waals surface area contributed by atoms with Crippen molar-refractivity contribution in [1.29, 1.82) is 0 Å². The summed E-state index contributed by atoms with van der Waals surface area (Å²) in [4.78, 5) is 43.3. The van der Waals surface area contributed by atoms with E-state index in [0.29, 0.717) is 21.4 Å². The third-order valence-corrected chi connectivity index (χ3v) is 6.07. The molecule has 0 bridgehead atoms. The number of hydrogen-bond donors (Lipinski definition) is 1.